The summed E-state index contributed by atoms with van der Waals surface area (Å²) in [6.45, 7) is 15.8. The molecule has 108 heavy (non-hydrogen) atoms. The maximum atomic E-state index is 14.4. The first-order valence-electron chi connectivity index (χ1n) is 35.1. The molecule has 35 heteroatoms. The number of nitrogen functional groups attached to an aromatic ring is 1. The molecule has 9 saturated heterocycles. The molecule has 3 amide bonds. The minimum absolute atomic E-state index is 0. The van der Waals surface area contributed by atoms with E-state index in [9.17, 15) is 46.2 Å². The van der Waals surface area contributed by atoms with Crippen molar-refractivity contribution < 1.29 is 100 Å². The number of nitrogens with two attached hydrogens (primary N) is 1. The van der Waals surface area contributed by atoms with Gasteiger partial charge in [-0.3, -0.25) is 19.5 Å². The summed E-state index contributed by atoms with van der Waals surface area (Å²) in [5, 5.41) is 21.3. The molecular formula is C73H99Cl3F5IN10O16. The molecular weight excluding hydrogens is 1600 g/mol. The number of hydrogen-bond acceptors (Lipinski definition) is 23. The highest BCUT2D eigenvalue weighted by molar-refractivity contribution is 14.1. The molecule has 5 aromatic carbocycles. The summed E-state index contributed by atoms with van der Waals surface area (Å²) in [5.74, 6) is -1.04. The van der Waals surface area contributed by atoms with Crippen LogP contribution in [-0.2, 0) is 52.2 Å². The highest BCUT2D eigenvalue weighted by Crippen LogP contribution is 2.33. The number of aliphatic hydroxyl groups excluding tert-OH is 2. The fraction of sp³-hybridized carbons (Fsp3) is 0.534. The van der Waals surface area contributed by atoms with E-state index < -0.39 is 48.4 Å². The summed E-state index contributed by atoms with van der Waals surface area (Å²) in [6, 6.07) is 23.9. The molecule has 26 nitrogen and oxygen atoms in total. The zero-order valence-corrected chi connectivity index (χ0v) is 63.1. The van der Waals surface area contributed by atoms with Crippen LogP contribution < -0.4 is 50.2 Å². The number of rotatable bonds is 17. The third-order valence-corrected chi connectivity index (χ3v) is 18.2. The SMILES string of the molecule is C.C.CC(=O)OC[C@H]1CN(c2ccc(N3CCOCC3)c(F)c2)C(=O)O1.ClC[C@H]1CO1.Nc1ccc(N2CCOCC2)c(F)c1.O=C1O[C@@H](CCl)CN1c1ccc(N2CCOCC2)c(F)c1.O=C1O[C@@H](CO)CN1c1ccc(N2CCOCC2)c(F)c1.O[C@H](CCl)CNc1ccc(N2CCOCC2)c(F)c1.[2H]CI. The largest absolute Gasteiger partial charge is 0.462 e. The van der Waals surface area contributed by atoms with Crippen LogP contribution in [0.3, 0.4) is 0 Å². The number of esters is 1. The predicted molar refractivity (Wildman–Crippen MR) is 418 cm³/mol. The number of aliphatic hydroxyl groups is 2. The Morgan fingerprint density at radius 1 is 0.537 bits per heavy atom. The van der Waals surface area contributed by atoms with Crippen molar-refractivity contribution in [3.63, 3.8) is 0 Å². The standard InChI is InChI=1S/C16H19FN2O5.C14H16ClFN2O3.C14H17FN2O4.C13H18ClFN2O2.C10H13FN2O.C3H5ClO.CH3I.2CH4/c1-11(20)23-10-13-9-19(16(21)24-13)12-2-3-15(14(17)8-12)18-4-6-22-7-5-18;15-8-11-9-18(14(19)21-11)10-1-2-13(12(16)7-10)17-3-5-20-6-4-17;15-12-7-10(17-8-11(9-18)21-14(17)19)1-2-13(12)16-3-5-20-6-4-16;14-8-11(18)9-16-10-1-2-13(12(15)7-10)17-3-5-19-6-4-17;11-9-7-8(12)1-2-10(9)13-3-5-14-6-4-13;4-1-3-2-5-3;1-2;;/h2-3,8,13H,4-7,9-10H2,1H3;1-2,7,11H,3-6,8-9H2;1-2,7,11,18H,3-6,8-9H2;1-2,7,11,16,18H,3-6,8-9H2;1-2,7H,3-6,12H2;3H,1-2H2;1H3;2*1H4/t13-;3*11-;;3-;;;/m1011.0.../s1/i;;;;;;1D;;. The number of nitrogens with zero attached hydrogens (tertiary/aromatic N) is 8. The first kappa shape index (κ1) is 88.1. The van der Waals surface area contributed by atoms with Crippen molar-refractivity contribution in [2.45, 2.75) is 52.3 Å². The Morgan fingerprint density at radius 2 is 0.852 bits per heavy atom. The van der Waals surface area contributed by atoms with Gasteiger partial charge in [-0.25, -0.2) is 36.3 Å². The summed E-state index contributed by atoms with van der Waals surface area (Å²) >= 11 is 18.4. The van der Waals surface area contributed by atoms with Crippen molar-refractivity contribution in [3.8, 4) is 0 Å². The van der Waals surface area contributed by atoms with Crippen molar-refractivity contribution in [2.24, 2.45) is 0 Å². The summed E-state index contributed by atoms with van der Waals surface area (Å²) in [7, 11) is 0. The van der Waals surface area contributed by atoms with E-state index in [4.69, 9.17) is 94.4 Å². The van der Waals surface area contributed by atoms with E-state index in [2.05, 4.69) is 5.32 Å². The van der Waals surface area contributed by atoms with Crippen LogP contribution in [0.5, 0.6) is 0 Å². The van der Waals surface area contributed by atoms with Crippen molar-refractivity contribution >= 4 is 139 Å². The molecule has 0 unspecified atom stereocenters. The molecule has 9 aliphatic heterocycles. The van der Waals surface area contributed by atoms with Crippen LogP contribution in [-0.4, -0.2) is 265 Å². The molecule has 9 fully saturated rings. The molecule has 14 rings (SSSR count). The average molecular weight is 1700 g/mol. The smallest absolute Gasteiger partial charge is 0.414 e. The second kappa shape index (κ2) is 46.5. The van der Waals surface area contributed by atoms with Gasteiger partial charge < -0.3 is 93.1 Å². The Bertz CT molecular complexity index is 3520. The van der Waals surface area contributed by atoms with Crippen LogP contribution in [0.25, 0.3) is 0 Å². The third-order valence-electron chi connectivity index (χ3n) is 17.2. The molecule has 5 N–H and O–H groups in total. The number of halogens is 9. The van der Waals surface area contributed by atoms with Gasteiger partial charge >= 0.3 is 24.2 Å². The fourth-order valence-corrected chi connectivity index (χ4v) is 12.0. The maximum Gasteiger partial charge on any atom is 0.414 e. The number of anilines is 10. The molecule has 0 aromatic heterocycles. The van der Waals surface area contributed by atoms with Gasteiger partial charge in [0.25, 0.3) is 0 Å². The van der Waals surface area contributed by atoms with Gasteiger partial charge in [0, 0.05) is 91.7 Å². The summed E-state index contributed by atoms with van der Waals surface area (Å²) in [6.07, 6.45) is -3.32. The summed E-state index contributed by atoms with van der Waals surface area (Å²) in [5.41, 5.74) is 10.6. The molecule has 9 heterocycles. The molecule has 0 saturated carbocycles. The van der Waals surface area contributed by atoms with Crippen LogP contribution in [0.2, 0.25) is 0 Å². The van der Waals surface area contributed by atoms with E-state index in [1.807, 2.05) is 47.1 Å². The number of morpholine rings is 5. The minimum Gasteiger partial charge on any atom is -0.462 e. The van der Waals surface area contributed by atoms with Crippen LogP contribution in [0, 0.1) is 29.1 Å². The number of carbonyl (C=O) groups is 4. The van der Waals surface area contributed by atoms with Gasteiger partial charge in [-0.1, -0.05) is 37.4 Å². The van der Waals surface area contributed by atoms with E-state index >= 15 is 0 Å². The Morgan fingerprint density at radius 3 is 1.14 bits per heavy atom. The third kappa shape index (κ3) is 27.1. The first-order valence-corrected chi connectivity index (χ1v) is 37.5. The van der Waals surface area contributed by atoms with Gasteiger partial charge in [0.2, 0.25) is 0 Å². The average Bonchev–Trinajstić information content (AvgIpc) is 1.66. The minimum atomic E-state index is -0.636. The van der Waals surface area contributed by atoms with Crippen molar-refractivity contribution in [1.82, 2.24) is 0 Å². The Balaban J connectivity index is 0.000000208. The normalized spacial score (nSPS) is 20.4. The lowest BCUT2D eigenvalue weighted by molar-refractivity contribution is -0.143. The lowest BCUT2D eigenvalue weighted by Gasteiger charge is -2.29. The molecule has 0 bridgehead atoms. The first-order chi connectivity index (χ1) is 51.7. The lowest BCUT2D eigenvalue weighted by Crippen LogP contribution is -2.36. The lowest BCUT2D eigenvalue weighted by atomic mass is 10.2. The predicted octanol–water partition coefficient (Wildman–Crippen LogP) is 10.6. The molecule has 0 radical (unpaired) electrons. The van der Waals surface area contributed by atoms with Gasteiger partial charge in [0.15, 0.2) is 6.10 Å². The van der Waals surface area contributed by atoms with E-state index in [0.29, 0.717) is 205 Å². The quantitative estimate of drug-likeness (QED) is 0.0128. The number of alkyl halides is 4. The highest BCUT2D eigenvalue weighted by atomic mass is 127. The zero-order valence-electron chi connectivity index (χ0n) is 59.6. The number of amides is 3. The Hall–Kier alpha value is -7.09. The zero-order chi connectivity index (χ0) is 76.8. The molecule has 5 aromatic rings. The molecule has 600 valence electrons. The molecule has 9 aliphatic rings. The van der Waals surface area contributed by atoms with Crippen molar-refractivity contribution in [1.29, 1.82) is 0 Å². The number of nitrogens with one attached hydrogen (secondary N) is 1. The Kier molecular flexibility index (Phi) is 38.0. The van der Waals surface area contributed by atoms with Crippen LogP contribution in [0.15, 0.2) is 91.0 Å². The van der Waals surface area contributed by atoms with E-state index in [0.717, 1.165) is 19.7 Å². The second-order valence-electron chi connectivity index (χ2n) is 24.6. The maximum absolute atomic E-state index is 14.4. The number of ether oxygens (including phenoxy) is 10. The monoisotopic (exact) mass is 1700 g/mol. The highest BCUT2D eigenvalue weighted by Gasteiger charge is 2.36. The number of cyclic esters (lactones) is 3. The number of benzene rings is 5. The topological polar surface area (TPSA) is 268 Å². The van der Waals surface area contributed by atoms with E-state index in [1.165, 1.54) is 52.0 Å². The summed E-state index contributed by atoms with van der Waals surface area (Å²) < 4.78 is 128. The van der Waals surface area contributed by atoms with Gasteiger partial charge in [-0.2, -0.15) is 0 Å². The van der Waals surface area contributed by atoms with Crippen LogP contribution >= 0.6 is 57.4 Å². The molecule has 0 aliphatic carbocycles. The van der Waals surface area contributed by atoms with Crippen molar-refractivity contribution in [3.05, 3.63) is 120 Å². The molecule has 5 atom stereocenters. The van der Waals surface area contributed by atoms with Gasteiger partial charge in [0.1, 0.15) is 47.9 Å². The second-order valence-corrected chi connectivity index (χ2v) is 25.5. The summed E-state index contributed by atoms with van der Waals surface area (Å²) in [4.78, 5) is 60.4. The van der Waals surface area contributed by atoms with Crippen LogP contribution in [0.1, 0.15) is 23.1 Å². The fourth-order valence-electron chi connectivity index (χ4n) is 11.6. The Labute approximate surface area is 657 Å². The van der Waals surface area contributed by atoms with Gasteiger partial charge in [-0.05, 0) is 95.9 Å². The molecule has 0 spiro atoms. The van der Waals surface area contributed by atoms with E-state index in [-0.39, 0.29) is 82.3 Å². The van der Waals surface area contributed by atoms with Crippen molar-refractivity contribution in [2.75, 3.05) is 250 Å². The van der Waals surface area contributed by atoms with Gasteiger partial charge in [0.05, 0.1) is 174 Å². The number of epoxide rings is 1. The number of carbonyl (C=O) groups excluding carboxylic acids is 4. The number of hydrogen-bond donors (Lipinski definition) is 4. The van der Waals surface area contributed by atoms with Gasteiger partial charge in [-0.15, -0.1) is 34.8 Å². The van der Waals surface area contributed by atoms with E-state index in [1.54, 1.807) is 60.7 Å². The van der Waals surface area contributed by atoms with Crippen LogP contribution in [0.4, 0.5) is 93.2 Å².